The number of hydrogen-bond acceptors (Lipinski definition) is 3. The van der Waals surface area contributed by atoms with Crippen molar-refractivity contribution in [2.24, 2.45) is 0 Å². The topological polar surface area (TPSA) is 59.4 Å². The van der Waals surface area contributed by atoms with Crippen LogP contribution < -0.4 is 0 Å². The van der Waals surface area contributed by atoms with Crippen molar-refractivity contribution in [2.75, 3.05) is 0 Å². The predicted octanol–water partition coefficient (Wildman–Crippen LogP) is 9.88. The number of nitrogens with zero attached hydrogens (tertiary/aromatic N) is 5. The van der Waals surface area contributed by atoms with Gasteiger partial charge in [0.1, 0.15) is 11.6 Å². The zero-order valence-corrected chi connectivity index (χ0v) is 24.7. The Labute approximate surface area is 264 Å². The first kappa shape index (κ1) is 25.9. The summed E-state index contributed by atoms with van der Waals surface area (Å²) in [6.45, 7) is 0. The summed E-state index contributed by atoms with van der Waals surface area (Å²) in [4.78, 5) is 10.5. The molecule has 0 amide bonds. The second-order valence-corrected chi connectivity index (χ2v) is 11.4. The molecule has 0 N–H and O–H groups in total. The second-order valence-electron chi connectivity index (χ2n) is 11.4. The van der Waals surface area contributed by atoms with E-state index in [1.54, 1.807) is 0 Å². The molecular weight excluding hydrogens is 562 g/mol. The van der Waals surface area contributed by atoms with Gasteiger partial charge in [0.05, 0.1) is 33.7 Å². The zero-order valence-electron chi connectivity index (χ0n) is 24.7. The summed E-state index contributed by atoms with van der Waals surface area (Å²) < 4.78 is 4.52. The first-order chi connectivity index (χ1) is 22.8. The number of benzene rings is 6. The van der Waals surface area contributed by atoms with Gasteiger partial charge in [0.2, 0.25) is 0 Å². The Hall–Kier alpha value is -6.51. The van der Waals surface area contributed by atoms with E-state index in [9.17, 15) is 5.26 Å². The molecule has 0 saturated carbocycles. The fraction of sp³-hybridized carbons (Fsp3) is 0. The number of para-hydroxylation sites is 4. The molecule has 3 aromatic heterocycles. The smallest absolute Gasteiger partial charge is 0.163 e. The lowest BCUT2D eigenvalue weighted by Crippen LogP contribution is -2.06. The Morgan fingerprint density at radius 3 is 1.61 bits per heavy atom. The molecule has 5 nitrogen and oxygen atoms in total. The van der Waals surface area contributed by atoms with Gasteiger partial charge in [0, 0.05) is 38.7 Å². The average molecular weight is 588 g/mol. The number of aromatic nitrogens is 4. The van der Waals surface area contributed by atoms with E-state index in [0.29, 0.717) is 11.4 Å². The molecule has 0 aliphatic heterocycles. The van der Waals surface area contributed by atoms with Crippen LogP contribution in [0, 0.1) is 11.3 Å². The molecule has 46 heavy (non-hydrogen) atoms. The van der Waals surface area contributed by atoms with Gasteiger partial charge < -0.3 is 0 Å². The van der Waals surface area contributed by atoms with E-state index < -0.39 is 0 Å². The summed E-state index contributed by atoms with van der Waals surface area (Å²) in [7, 11) is 0. The molecule has 0 aliphatic rings. The fourth-order valence-corrected chi connectivity index (χ4v) is 6.75. The van der Waals surface area contributed by atoms with E-state index in [2.05, 4.69) is 124 Å². The molecule has 9 rings (SSSR count). The summed E-state index contributed by atoms with van der Waals surface area (Å²) >= 11 is 0. The molecule has 0 radical (unpaired) electrons. The number of fused-ring (bicyclic) bond motifs is 6. The Morgan fingerprint density at radius 1 is 0.457 bits per heavy atom. The third kappa shape index (κ3) is 3.94. The lowest BCUT2D eigenvalue weighted by Gasteiger charge is -2.15. The van der Waals surface area contributed by atoms with E-state index in [4.69, 9.17) is 9.97 Å². The van der Waals surface area contributed by atoms with Crippen LogP contribution in [-0.4, -0.2) is 19.1 Å². The van der Waals surface area contributed by atoms with Gasteiger partial charge in [-0.3, -0.25) is 9.13 Å². The first-order valence-corrected chi connectivity index (χ1v) is 15.2. The number of rotatable bonds is 4. The van der Waals surface area contributed by atoms with Crippen molar-refractivity contribution in [3.8, 4) is 40.2 Å². The standard InChI is InChI=1S/C41H25N5/c42-26-27-21-23-28(24-22-27)30-16-10-17-34-33-15-6-9-20-37(33)46(40(30)34)39-25-38(43-41(44-39)29-11-2-1-3-12-29)45-35-18-7-4-13-31(35)32-14-5-8-19-36(32)45/h1-25H. The van der Waals surface area contributed by atoms with Crippen molar-refractivity contribution in [3.05, 3.63) is 157 Å². The number of nitriles is 1. The summed E-state index contributed by atoms with van der Waals surface area (Å²) in [5.41, 5.74) is 7.98. The largest absolute Gasteiger partial charge is 0.294 e. The molecular formula is C41H25N5. The van der Waals surface area contributed by atoms with Crippen molar-refractivity contribution >= 4 is 43.6 Å². The Morgan fingerprint density at radius 2 is 0.978 bits per heavy atom. The van der Waals surface area contributed by atoms with Crippen LogP contribution in [0.4, 0.5) is 0 Å². The Kier molecular flexibility index (Phi) is 5.81. The molecule has 0 spiro atoms. The van der Waals surface area contributed by atoms with Crippen LogP contribution >= 0.6 is 0 Å². The van der Waals surface area contributed by atoms with Gasteiger partial charge in [0.25, 0.3) is 0 Å². The molecule has 0 unspecified atom stereocenters. The van der Waals surface area contributed by atoms with Crippen LogP contribution in [0.25, 0.3) is 77.8 Å². The minimum atomic E-state index is 0.635. The highest BCUT2D eigenvalue weighted by atomic mass is 15.1. The van der Waals surface area contributed by atoms with Gasteiger partial charge in [-0.2, -0.15) is 5.26 Å². The molecule has 9 aromatic rings. The van der Waals surface area contributed by atoms with Gasteiger partial charge in [-0.25, -0.2) is 9.97 Å². The first-order valence-electron chi connectivity index (χ1n) is 15.2. The van der Waals surface area contributed by atoms with E-state index in [0.717, 1.165) is 61.2 Å². The van der Waals surface area contributed by atoms with Crippen molar-refractivity contribution < 1.29 is 0 Å². The van der Waals surface area contributed by atoms with Crippen LogP contribution in [0.5, 0.6) is 0 Å². The maximum atomic E-state index is 9.44. The summed E-state index contributed by atoms with van der Waals surface area (Å²) in [6.07, 6.45) is 0. The van der Waals surface area contributed by atoms with E-state index in [1.807, 2.05) is 42.5 Å². The molecule has 214 valence electrons. The van der Waals surface area contributed by atoms with E-state index in [-0.39, 0.29) is 0 Å². The van der Waals surface area contributed by atoms with Gasteiger partial charge in [-0.05, 0) is 35.9 Å². The lowest BCUT2D eigenvalue weighted by atomic mass is 10.0. The van der Waals surface area contributed by atoms with E-state index in [1.165, 1.54) is 10.8 Å². The third-order valence-corrected chi connectivity index (χ3v) is 8.79. The average Bonchev–Trinajstić information content (AvgIpc) is 3.65. The van der Waals surface area contributed by atoms with E-state index >= 15 is 0 Å². The maximum Gasteiger partial charge on any atom is 0.163 e. The summed E-state index contributed by atoms with van der Waals surface area (Å²) in [5, 5.41) is 14.1. The molecule has 0 fully saturated rings. The second kappa shape index (κ2) is 10.3. The SMILES string of the molecule is N#Cc1ccc(-c2cccc3c4ccccc4n(-c4cc(-n5c6ccccc6c6ccccc65)nc(-c5ccccc5)n4)c23)cc1. The van der Waals surface area contributed by atoms with Gasteiger partial charge in [-0.1, -0.05) is 115 Å². The fourth-order valence-electron chi connectivity index (χ4n) is 6.75. The van der Waals surface area contributed by atoms with Gasteiger partial charge >= 0.3 is 0 Å². The van der Waals surface area contributed by atoms with Crippen molar-refractivity contribution in [1.29, 1.82) is 5.26 Å². The van der Waals surface area contributed by atoms with Crippen LogP contribution in [-0.2, 0) is 0 Å². The minimum absolute atomic E-state index is 0.635. The number of hydrogen-bond donors (Lipinski definition) is 0. The van der Waals surface area contributed by atoms with Crippen LogP contribution in [0.15, 0.2) is 152 Å². The van der Waals surface area contributed by atoms with Gasteiger partial charge in [-0.15, -0.1) is 0 Å². The molecule has 3 heterocycles. The van der Waals surface area contributed by atoms with Crippen molar-refractivity contribution in [2.45, 2.75) is 0 Å². The lowest BCUT2D eigenvalue weighted by molar-refractivity contribution is 0.994. The molecule has 0 aliphatic carbocycles. The quantitative estimate of drug-likeness (QED) is 0.206. The highest BCUT2D eigenvalue weighted by Gasteiger charge is 2.20. The highest BCUT2D eigenvalue weighted by molar-refractivity contribution is 6.14. The molecule has 0 bridgehead atoms. The molecule has 0 saturated heterocycles. The van der Waals surface area contributed by atoms with Gasteiger partial charge in [0.15, 0.2) is 5.82 Å². The third-order valence-electron chi connectivity index (χ3n) is 8.79. The van der Waals surface area contributed by atoms with Crippen molar-refractivity contribution in [1.82, 2.24) is 19.1 Å². The van der Waals surface area contributed by atoms with Crippen LogP contribution in [0.2, 0.25) is 0 Å². The maximum absolute atomic E-state index is 9.44. The summed E-state index contributed by atoms with van der Waals surface area (Å²) in [6, 6.07) is 54.2. The monoisotopic (exact) mass is 587 g/mol. The zero-order chi connectivity index (χ0) is 30.6. The predicted molar refractivity (Wildman–Crippen MR) is 186 cm³/mol. The minimum Gasteiger partial charge on any atom is -0.294 e. The summed E-state index contributed by atoms with van der Waals surface area (Å²) in [5.74, 6) is 2.22. The molecule has 0 atom stereocenters. The van der Waals surface area contributed by atoms with Crippen molar-refractivity contribution in [3.63, 3.8) is 0 Å². The Bertz CT molecular complexity index is 2580. The van der Waals surface area contributed by atoms with Crippen LogP contribution in [0.3, 0.4) is 0 Å². The Balaban J connectivity index is 1.41. The molecule has 6 aromatic carbocycles. The highest BCUT2D eigenvalue weighted by Crippen LogP contribution is 2.39. The molecule has 5 heteroatoms. The normalized spacial score (nSPS) is 11.5. The van der Waals surface area contributed by atoms with Crippen LogP contribution in [0.1, 0.15) is 5.56 Å².